The Balaban J connectivity index is 1.01. The summed E-state index contributed by atoms with van der Waals surface area (Å²) in [5, 5.41) is 20.8. The van der Waals surface area contributed by atoms with Crippen LogP contribution in [0.15, 0.2) is 42.7 Å². The first-order valence-electron chi connectivity index (χ1n) is 14.5. The van der Waals surface area contributed by atoms with Gasteiger partial charge in [-0.3, -0.25) is 9.59 Å². The van der Waals surface area contributed by atoms with E-state index in [4.69, 9.17) is 15.2 Å². The Morgan fingerprint density at radius 1 is 1.20 bits per heavy atom. The molecule has 218 valence electrons. The second kappa shape index (κ2) is 10.6. The number of carbonyl (C=O) groups is 2. The summed E-state index contributed by atoms with van der Waals surface area (Å²) in [7, 11) is 0. The summed E-state index contributed by atoms with van der Waals surface area (Å²) in [6.07, 6.45) is 9.05. The minimum Gasteiger partial charge on any atom is -0.490 e. The third kappa shape index (κ3) is 6.04. The van der Waals surface area contributed by atoms with E-state index in [0.29, 0.717) is 34.1 Å². The summed E-state index contributed by atoms with van der Waals surface area (Å²) in [6.45, 7) is 5.59. The van der Waals surface area contributed by atoms with Crippen molar-refractivity contribution in [3.05, 3.63) is 59.4 Å². The quantitative estimate of drug-likeness (QED) is 0.298. The van der Waals surface area contributed by atoms with Gasteiger partial charge in [0.25, 0.3) is 11.8 Å². The lowest BCUT2D eigenvalue weighted by molar-refractivity contribution is -0.0834. The van der Waals surface area contributed by atoms with Crippen molar-refractivity contribution in [2.45, 2.75) is 70.1 Å². The van der Waals surface area contributed by atoms with Crippen molar-refractivity contribution in [1.29, 1.82) is 0 Å². The fourth-order valence-electron chi connectivity index (χ4n) is 6.56. The Kier molecular flexibility index (Phi) is 7.15. The van der Waals surface area contributed by atoms with Crippen LogP contribution in [-0.2, 0) is 6.42 Å². The monoisotopic (exact) mass is 561 g/mol. The highest BCUT2D eigenvalue weighted by molar-refractivity contribution is 6.00. The van der Waals surface area contributed by atoms with Gasteiger partial charge in [0.05, 0.1) is 40.7 Å². The number of fused-ring (bicyclic) bond motifs is 1. The van der Waals surface area contributed by atoms with Crippen LogP contribution in [0, 0.1) is 11.3 Å². The van der Waals surface area contributed by atoms with Crippen molar-refractivity contribution in [1.82, 2.24) is 20.2 Å². The summed E-state index contributed by atoms with van der Waals surface area (Å²) in [4.78, 5) is 25.1. The van der Waals surface area contributed by atoms with Gasteiger partial charge < -0.3 is 30.9 Å². The number of hydrogen-bond acceptors (Lipinski definition) is 7. The van der Waals surface area contributed by atoms with Crippen LogP contribution in [0.4, 0.5) is 0 Å². The Labute approximate surface area is 239 Å². The number of rotatable bonds is 10. The van der Waals surface area contributed by atoms with Gasteiger partial charge in [0.1, 0.15) is 18.1 Å². The van der Waals surface area contributed by atoms with Crippen molar-refractivity contribution in [3.8, 4) is 11.5 Å². The first-order chi connectivity index (χ1) is 19.6. The van der Waals surface area contributed by atoms with Crippen LogP contribution in [0.5, 0.6) is 11.5 Å². The lowest BCUT2D eigenvalue weighted by atomic mass is 9.53. The van der Waals surface area contributed by atoms with Gasteiger partial charge >= 0.3 is 0 Å². The Morgan fingerprint density at radius 3 is 2.71 bits per heavy atom. The highest BCUT2D eigenvalue weighted by Crippen LogP contribution is 2.57. The first-order valence-corrected chi connectivity index (χ1v) is 14.5. The molecule has 10 heteroatoms. The lowest BCUT2D eigenvalue weighted by Gasteiger charge is -2.57. The average Bonchev–Trinajstić information content (AvgIpc) is 3.54. The predicted octanol–water partition coefficient (Wildman–Crippen LogP) is 2.85. The summed E-state index contributed by atoms with van der Waals surface area (Å²) in [5.74, 6) is 1.15. The molecule has 1 spiro atoms. The van der Waals surface area contributed by atoms with E-state index in [-0.39, 0.29) is 30.1 Å². The van der Waals surface area contributed by atoms with Crippen molar-refractivity contribution in [2.24, 2.45) is 17.1 Å². The van der Waals surface area contributed by atoms with E-state index < -0.39 is 11.5 Å². The number of amides is 2. The second-order valence-corrected chi connectivity index (χ2v) is 12.8. The van der Waals surface area contributed by atoms with Gasteiger partial charge in [-0.25, -0.2) is 4.52 Å². The summed E-state index contributed by atoms with van der Waals surface area (Å²) < 4.78 is 13.6. The number of aromatic nitrogens is 2. The number of nitrogens with one attached hydrogen (secondary N) is 2. The number of nitrogens with two attached hydrogens (primary N) is 1. The molecule has 2 aliphatic carbocycles. The van der Waals surface area contributed by atoms with Crippen molar-refractivity contribution in [3.63, 3.8) is 0 Å². The third-order valence-corrected chi connectivity index (χ3v) is 8.63. The molecule has 3 aromatic rings. The van der Waals surface area contributed by atoms with Gasteiger partial charge in [-0.2, -0.15) is 5.10 Å². The van der Waals surface area contributed by atoms with E-state index in [9.17, 15) is 14.7 Å². The van der Waals surface area contributed by atoms with Crippen molar-refractivity contribution >= 4 is 17.3 Å². The predicted molar refractivity (Wildman–Crippen MR) is 153 cm³/mol. The molecule has 6 rings (SSSR count). The molecular weight excluding hydrogens is 522 g/mol. The average molecular weight is 562 g/mol. The Morgan fingerprint density at radius 2 is 2.00 bits per heavy atom. The summed E-state index contributed by atoms with van der Waals surface area (Å²) in [6, 6.07) is 9.46. The molecule has 1 saturated heterocycles. The molecule has 2 saturated carbocycles. The molecule has 1 unspecified atom stereocenters. The number of hydrogen-bond donors (Lipinski definition) is 4. The SMILES string of the molecule is CC(C)(O)COc1ccc2c(C(=O)NC3CC4(C3)CC(Oc3cc(CC5CCNC5)ccc3C(N)=O)C4)cnn2c1. The van der Waals surface area contributed by atoms with E-state index in [2.05, 4.69) is 15.7 Å². The van der Waals surface area contributed by atoms with Crippen LogP contribution >= 0.6 is 0 Å². The molecule has 41 heavy (non-hydrogen) atoms. The molecule has 5 N–H and O–H groups in total. The zero-order valence-electron chi connectivity index (χ0n) is 23.7. The number of primary amides is 1. The van der Waals surface area contributed by atoms with Crippen molar-refractivity contribution in [2.75, 3.05) is 19.7 Å². The van der Waals surface area contributed by atoms with Crippen LogP contribution in [0.25, 0.3) is 5.52 Å². The molecule has 1 aromatic carbocycles. The van der Waals surface area contributed by atoms with E-state index >= 15 is 0 Å². The van der Waals surface area contributed by atoms with Gasteiger partial charge in [-0.05, 0) is 107 Å². The summed E-state index contributed by atoms with van der Waals surface area (Å²) in [5.41, 5.74) is 7.69. The molecule has 1 aliphatic heterocycles. The number of benzene rings is 1. The number of pyridine rings is 1. The van der Waals surface area contributed by atoms with Crippen molar-refractivity contribution < 1.29 is 24.2 Å². The molecule has 3 aliphatic rings. The molecule has 2 amide bonds. The van der Waals surface area contributed by atoms with Gasteiger partial charge in [-0.15, -0.1) is 0 Å². The minimum absolute atomic E-state index is 0.0422. The van der Waals surface area contributed by atoms with Crippen LogP contribution in [0.2, 0.25) is 0 Å². The molecule has 1 atom stereocenters. The minimum atomic E-state index is -0.943. The zero-order chi connectivity index (χ0) is 28.8. The third-order valence-electron chi connectivity index (χ3n) is 8.63. The maximum absolute atomic E-state index is 13.0. The number of nitrogens with zero attached hydrogens (tertiary/aromatic N) is 2. The van der Waals surface area contributed by atoms with Crippen LogP contribution < -0.4 is 25.8 Å². The number of aliphatic hydroxyl groups is 1. The normalized spacial score (nSPS) is 25.5. The number of ether oxygens (including phenoxy) is 2. The van der Waals surface area contributed by atoms with Gasteiger partial charge in [-0.1, -0.05) is 6.07 Å². The van der Waals surface area contributed by atoms with E-state index in [1.54, 1.807) is 49.0 Å². The van der Waals surface area contributed by atoms with Crippen LogP contribution in [0.3, 0.4) is 0 Å². The molecule has 3 fully saturated rings. The first kappa shape index (κ1) is 27.5. The topological polar surface area (TPSA) is 140 Å². The fraction of sp³-hybridized carbons (Fsp3) is 0.516. The highest BCUT2D eigenvalue weighted by Gasteiger charge is 2.54. The van der Waals surface area contributed by atoms with Gasteiger partial charge in [0.15, 0.2) is 0 Å². The van der Waals surface area contributed by atoms with Crippen LogP contribution in [-0.4, -0.2) is 64.0 Å². The fourth-order valence-corrected chi connectivity index (χ4v) is 6.56. The van der Waals surface area contributed by atoms with E-state index in [1.165, 1.54) is 5.56 Å². The zero-order valence-corrected chi connectivity index (χ0v) is 23.7. The number of carbonyl (C=O) groups excluding carboxylic acids is 2. The maximum atomic E-state index is 13.0. The maximum Gasteiger partial charge on any atom is 0.255 e. The molecule has 0 radical (unpaired) electrons. The van der Waals surface area contributed by atoms with Gasteiger partial charge in [0, 0.05) is 6.04 Å². The highest BCUT2D eigenvalue weighted by atomic mass is 16.5. The molecule has 3 heterocycles. The van der Waals surface area contributed by atoms with E-state index in [1.807, 2.05) is 12.1 Å². The molecular formula is C31H39N5O5. The van der Waals surface area contributed by atoms with Crippen LogP contribution in [0.1, 0.15) is 72.2 Å². The second-order valence-electron chi connectivity index (χ2n) is 12.8. The smallest absolute Gasteiger partial charge is 0.255 e. The summed E-state index contributed by atoms with van der Waals surface area (Å²) >= 11 is 0. The standard InChI is InChI=1S/C31H39N5O5/c1-30(2,39)18-40-22-4-6-26-25(16-34-36(26)17-22)29(38)35-21-11-31(12-21)13-23(14-31)41-27-10-19(3-5-24(27)28(32)37)9-20-7-8-33-15-20/h3-6,10,16-17,20-21,23,33,39H,7-9,11-15,18H2,1-2H3,(H2,32,37)(H,35,38). The molecule has 10 nitrogen and oxygen atoms in total. The van der Waals surface area contributed by atoms with Gasteiger partial charge in [0.2, 0.25) is 0 Å². The Bertz CT molecular complexity index is 1440. The Hall–Kier alpha value is -3.63. The van der Waals surface area contributed by atoms with E-state index in [0.717, 1.165) is 51.6 Å². The largest absolute Gasteiger partial charge is 0.490 e. The molecule has 0 bridgehead atoms. The molecule has 2 aromatic heterocycles. The lowest BCUT2D eigenvalue weighted by Crippen LogP contribution is -2.58.